The molecule has 1 amide bonds. The van der Waals surface area contributed by atoms with Crippen LogP contribution in [-0.4, -0.2) is 43.0 Å². The fourth-order valence-electron chi connectivity index (χ4n) is 2.76. The fourth-order valence-corrected chi connectivity index (χ4v) is 2.76. The standard InChI is InChI=1S/C13H17N3O3.C13H15N3O2/c1-9(2)15-19-8-10-6-4-5-7-11(10)12(13(14)17)16-18-3;1-10(2)15-18-9-11-6-4-5-7-12(11)13(8-14)16-17-3/h4-7H,8H2,1-3H3,(H2,14,17);4-7H,9H2,1-3H3/b16-12+;16-13-. The maximum Gasteiger partial charge on any atom is 0.271 e. The van der Waals surface area contributed by atoms with Crippen LogP contribution in [0.1, 0.15) is 49.9 Å². The van der Waals surface area contributed by atoms with E-state index in [0.717, 1.165) is 22.6 Å². The number of amides is 1. The summed E-state index contributed by atoms with van der Waals surface area (Å²) in [5, 5.41) is 24.0. The minimum Gasteiger partial charge on any atom is -0.398 e. The molecule has 0 aliphatic carbocycles. The predicted octanol–water partition coefficient (Wildman–Crippen LogP) is 3.91. The van der Waals surface area contributed by atoms with Gasteiger partial charge < -0.3 is 25.1 Å². The first-order valence-corrected chi connectivity index (χ1v) is 11.1. The molecule has 0 fully saturated rings. The van der Waals surface area contributed by atoms with Crippen LogP contribution in [0.25, 0.3) is 0 Å². The molecule has 11 heteroatoms. The van der Waals surface area contributed by atoms with Crippen LogP contribution in [0.2, 0.25) is 0 Å². The molecule has 196 valence electrons. The molecule has 0 saturated carbocycles. The van der Waals surface area contributed by atoms with Gasteiger partial charge in [0.15, 0.2) is 11.4 Å². The van der Waals surface area contributed by atoms with Crippen molar-refractivity contribution >= 4 is 28.8 Å². The largest absolute Gasteiger partial charge is 0.398 e. The lowest BCUT2D eigenvalue weighted by atomic mass is 10.0. The van der Waals surface area contributed by atoms with Crippen molar-refractivity contribution in [2.75, 3.05) is 14.2 Å². The molecule has 0 bridgehead atoms. The average molecular weight is 509 g/mol. The number of carbonyl (C=O) groups excluding carboxylic acids is 1. The third-order valence-corrected chi connectivity index (χ3v) is 4.18. The first kappa shape index (κ1) is 30.3. The molecule has 0 aliphatic heterocycles. The van der Waals surface area contributed by atoms with Gasteiger partial charge in [0.25, 0.3) is 5.91 Å². The second-order valence-electron chi connectivity index (χ2n) is 7.66. The number of rotatable bonds is 11. The summed E-state index contributed by atoms with van der Waals surface area (Å²) < 4.78 is 0. The van der Waals surface area contributed by atoms with Gasteiger partial charge >= 0.3 is 0 Å². The van der Waals surface area contributed by atoms with Gasteiger partial charge in [-0.05, 0) is 27.7 Å². The van der Waals surface area contributed by atoms with E-state index in [1.807, 2.05) is 64.1 Å². The van der Waals surface area contributed by atoms with Gasteiger partial charge in [-0.25, -0.2) is 0 Å². The van der Waals surface area contributed by atoms with Gasteiger partial charge in [-0.1, -0.05) is 69.2 Å². The van der Waals surface area contributed by atoms with Crippen LogP contribution in [0.3, 0.4) is 0 Å². The summed E-state index contributed by atoms with van der Waals surface area (Å²) in [4.78, 5) is 31.0. The Morgan fingerprint density at radius 3 is 1.68 bits per heavy atom. The Balaban J connectivity index is 0.000000371. The Bertz CT molecular complexity index is 1190. The number of oxime groups is 4. The molecule has 37 heavy (non-hydrogen) atoms. The summed E-state index contributed by atoms with van der Waals surface area (Å²) in [5.74, 6) is -0.663. The molecular formula is C26H32N6O5. The number of hydrogen-bond acceptors (Lipinski definition) is 10. The topological polar surface area (TPSA) is 153 Å². The molecule has 2 aromatic rings. The molecule has 0 atom stereocenters. The van der Waals surface area contributed by atoms with E-state index >= 15 is 0 Å². The average Bonchev–Trinajstić information content (AvgIpc) is 2.86. The lowest BCUT2D eigenvalue weighted by Crippen LogP contribution is -2.25. The maximum absolute atomic E-state index is 11.4. The third-order valence-electron chi connectivity index (χ3n) is 4.18. The molecule has 0 radical (unpaired) electrons. The minimum atomic E-state index is -0.663. The molecule has 11 nitrogen and oxygen atoms in total. The van der Waals surface area contributed by atoms with E-state index in [1.165, 1.54) is 14.2 Å². The molecule has 0 spiro atoms. The van der Waals surface area contributed by atoms with Crippen molar-refractivity contribution in [2.24, 2.45) is 26.4 Å². The highest BCUT2D eigenvalue weighted by molar-refractivity contribution is 6.45. The molecule has 2 aromatic carbocycles. The van der Waals surface area contributed by atoms with Gasteiger partial charge in [-0.15, -0.1) is 0 Å². The summed E-state index contributed by atoms with van der Waals surface area (Å²) in [6.45, 7) is 7.85. The highest BCUT2D eigenvalue weighted by atomic mass is 16.6. The first-order valence-electron chi connectivity index (χ1n) is 11.1. The summed E-state index contributed by atoms with van der Waals surface area (Å²) in [6, 6.07) is 16.5. The minimum absolute atomic E-state index is 0.0545. The lowest BCUT2D eigenvalue weighted by molar-refractivity contribution is -0.112. The Morgan fingerprint density at radius 2 is 1.24 bits per heavy atom. The number of hydrogen-bond donors (Lipinski definition) is 1. The van der Waals surface area contributed by atoms with Gasteiger partial charge in [0.2, 0.25) is 0 Å². The first-order chi connectivity index (χ1) is 17.7. The second-order valence-corrected chi connectivity index (χ2v) is 7.66. The van der Waals surface area contributed by atoms with Gasteiger partial charge in [0.05, 0.1) is 11.4 Å². The van der Waals surface area contributed by atoms with E-state index < -0.39 is 5.91 Å². The zero-order chi connectivity index (χ0) is 27.6. The zero-order valence-electron chi connectivity index (χ0n) is 21.9. The molecule has 0 heterocycles. The molecule has 0 aliphatic rings. The van der Waals surface area contributed by atoms with Crippen molar-refractivity contribution in [3.8, 4) is 6.07 Å². The smallest absolute Gasteiger partial charge is 0.271 e. The van der Waals surface area contributed by atoms with Gasteiger partial charge in [0, 0.05) is 22.3 Å². The number of benzene rings is 2. The number of nitriles is 1. The SMILES string of the molecule is CO/N=C(/C#N)c1ccccc1CON=C(C)C.CO/N=C(/C(N)=O)c1ccccc1CON=C(C)C. The van der Waals surface area contributed by atoms with E-state index in [9.17, 15) is 4.79 Å². The van der Waals surface area contributed by atoms with Crippen LogP contribution in [0.15, 0.2) is 69.2 Å². The molecule has 0 unspecified atom stereocenters. The van der Waals surface area contributed by atoms with Crippen LogP contribution < -0.4 is 5.73 Å². The quantitative estimate of drug-likeness (QED) is 0.359. The molecular weight excluding hydrogens is 476 g/mol. The molecule has 2 N–H and O–H groups in total. The van der Waals surface area contributed by atoms with Gasteiger partial charge in [-0.2, -0.15) is 5.26 Å². The van der Waals surface area contributed by atoms with Gasteiger partial charge in [-0.3, -0.25) is 4.79 Å². The van der Waals surface area contributed by atoms with Crippen molar-refractivity contribution < 1.29 is 24.1 Å². The van der Waals surface area contributed by atoms with Crippen molar-refractivity contribution in [1.82, 2.24) is 0 Å². The van der Waals surface area contributed by atoms with Crippen molar-refractivity contribution in [1.29, 1.82) is 5.26 Å². The highest BCUT2D eigenvalue weighted by Crippen LogP contribution is 2.13. The summed E-state index contributed by atoms with van der Waals surface area (Å²) in [5.41, 5.74) is 10.0. The van der Waals surface area contributed by atoms with E-state index in [4.69, 9.17) is 20.7 Å². The van der Waals surface area contributed by atoms with E-state index in [-0.39, 0.29) is 24.6 Å². The van der Waals surface area contributed by atoms with Crippen LogP contribution in [0.5, 0.6) is 0 Å². The predicted molar refractivity (Wildman–Crippen MR) is 142 cm³/mol. The van der Waals surface area contributed by atoms with Crippen LogP contribution >= 0.6 is 0 Å². The summed E-state index contributed by atoms with van der Waals surface area (Å²) >= 11 is 0. The Hall–Kier alpha value is -4.72. The van der Waals surface area contributed by atoms with E-state index in [1.54, 1.807) is 18.2 Å². The Kier molecular flexibility index (Phi) is 13.8. The van der Waals surface area contributed by atoms with Crippen LogP contribution in [0, 0.1) is 11.3 Å². The van der Waals surface area contributed by atoms with Crippen LogP contribution in [0.4, 0.5) is 0 Å². The summed E-state index contributed by atoms with van der Waals surface area (Å²) in [6.07, 6.45) is 0. The molecule has 0 aromatic heterocycles. The lowest BCUT2D eigenvalue weighted by Gasteiger charge is -2.08. The number of primary amides is 1. The highest BCUT2D eigenvalue weighted by Gasteiger charge is 2.15. The molecule has 2 rings (SSSR count). The molecule has 0 saturated heterocycles. The van der Waals surface area contributed by atoms with Crippen molar-refractivity contribution in [3.05, 3.63) is 70.8 Å². The van der Waals surface area contributed by atoms with E-state index in [2.05, 4.69) is 30.3 Å². The zero-order valence-corrected chi connectivity index (χ0v) is 21.9. The van der Waals surface area contributed by atoms with Crippen LogP contribution in [-0.2, 0) is 37.4 Å². The number of carbonyl (C=O) groups is 1. The van der Waals surface area contributed by atoms with Crippen molar-refractivity contribution in [3.63, 3.8) is 0 Å². The van der Waals surface area contributed by atoms with E-state index in [0.29, 0.717) is 11.1 Å². The normalized spacial score (nSPS) is 10.6. The maximum atomic E-state index is 11.4. The Morgan fingerprint density at radius 1 is 0.784 bits per heavy atom. The van der Waals surface area contributed by atoms with Crippen molar-refractivity contribution in [2.45, 2.75) is 40.9 Å². The summed E-state index contributed by atoms with van der Waals surface area (Å²) in [7, 11) is 2.76. The Labute approximate surface area is 216 Å². The fraction of sp³-hybridized carbons (Fsp3) is 0.308. The van der Waals surface area contributed by atoms with Gasteiger partial charge in [0.1, 0.15) is 33.5 Å². The number of nitrogens with two attached hydrogens (primary N) is 1. The monoisotopic (exact) mass is 508 g/mol. The number of nitrogens with zero attached hydrogens (tertiary/aromatic N) is 5. The third kappa shape index (κ3) is 11.0. The second kappa shape index (κ2) is 16.8.